The van der Waals surface area contributed by atoms with Gasteiger partial charge in [0.2, 0.25) is 0 Å². The van der Waals surface area contributed by atoms with Gasteiger partial charge < -0.3 is 0 Å². The van der Waals surface area contributed by atoms with Gasteiger partial charge in [-0.25, -0.2) is 0 Å². The van der Waals surface area contributed by atoms with E-state index < -0.39 is 0 Å². The number of hydrogen-bond donors (Lipinski definition) is 0. The van der Waals surface area contributed by atoms with Crippen molar-refractivity contribution >= 4 is 85.4 Å². The Bertz CT molecular complexity index is 3740. The average molecular weight is 779 g/mol. The zero-order valence-corrected chi connectivity index (χ0v) is 34.2. The van der Waals surface area contributed by atoms with E-state index in [4.69, 9.17) is 0 Å². The number of fused-ring (bicyclic) bond motifs is 12. The van der Waals surface area contributed by atoms with Crippen molar-refractivity contribution in [2.45, 2.75) is 19.3 Å². The van der Waals surface area contributed by atoms with Crippen LogP contribution in [0.15, 0.2) is 194 Å². The Morgan fingerprint density at radius 2 is 0.850 bits per heavy atom. The lowest BCUT2D eigenvalue weighted by Gasteiger charge is -2.22. The second kappa shape index (κ2) is 12.5. The van der Waals surface area contributed by atoms with Crippen molar-refractivity contribution < 1.29 is 0 Å². The minimum absolute atomic E-state index is 0.116. The molecule has 0 unspecified atom stereocenters. The average Bonchev–Trinajstić information content (AvgIpc) is 3.77. The second-order valence-corrected chi connectivity index (χ2v) is 18.2. The molecule has 0 N–H and O–H groups in total. The first-order chi connectivity index (χ1) is 29.5. The smallest absolute Gasteiger partial charge is 0.0402 e. The first-order valence-corrected chi connectivity index (χ1v) is 21.8. The van der Waals surface area contributed by atoms with Crippen LogP contribution in [0.3, 0.4) is 0 Å². The van der Waals surface area contributed by atoms with Crippen molar-refractivity contribution in [2.24, 2.45) is 0 Å². The summed E-state index contributed by atoms with van der Waals surface area (Å²) >= 11 is 1.96. The molecular weight excluding hydrogens is 741 g/mol. The summed E-state index contributed by atoms with van der Waals surface area (Å²) in [5.41, 5.74) is 13.1. The van der Waals surface area contributed by atoms with Crippen molar-refractivity contribution in [1.29, 1.82) is 0 Å². The Hall–Kier alpha value is -7.06. The van der Waals surface area contributed by atoms with E-state index in [-0.39, 0.29) is 5.41 Å². The number of benzene rings is 11. The zero-order valence-electron chi connectivity index (χ0n) is 33.4. The molecule has 1 heteroatoms. The molecule has 0 atom stereocenters. The van der Waals surface area contributed by atoms with E-state index in [0.29, 0.717) is 0 Å². The van der Waals surface area contributed by atoms with E-state index in [1.165, 1.54) is 130 Å². The van der Waals surface area contributed by atoms with Crippen molar-refractivity contribution in [3.8, 4) is 44.5 Å². The number of rotatable bonds is 3. The fourth-order valence-corrected chi connectivity index (χ4v) is 12.3. The van der Waals surface area contributed by atoms with Crippen LogP contribution in [0.1, 0.15) is 25.0 Å². The largest absolute Gasteiger partial charge is 0.135 e. The molecule has 1 aromatic heterocycles. The third-order valence-corrected chi connectivity index (χ3v) is 14.8. The van der Waals surface area contributed by atoms with E-state index in [0.717, 1.165) is 0 Å². The van der Waals surface area contributed by atoms with Crippen LogP contribution in [0.4, 0.5) is 0 Å². The van der Waals surface area contributed by atoms with Gasteiger partial charge >= 0.3 is 0 Å². The molecule has 13 rings (SSSR count). The summed E-state index contributed by atoms with van der Waals surface area (Å²) in [4.78, 5) is 0. The maximum Gasteiger partial charge on any atom is 0.0402 e. The molecule has 1 aliphatic carbocycles. The summed E-state index contributed by atoms with van der Waals surface area (Å²) in [6, 6.07) is 72.9. The van der Waals surface area contributed by atoms with Crippen LogP contribution in [0.25, 0.3) is 119 Å². The van der Waals surface area contributed by atoms with Gasteiger partial charge in [0.15, 0.2) is 0 Å². The van der Waals surface area contributed by atoms with Gasteiger partial charge in [-0.3, -0.25) is 0 Å². The molecule has 280 valence electrons. The fraction of sp³-hybridized carbons (Fsp3) is 0.0508. The highest BCUT2D eigenvalue weighted by atomic mass is 32.1. The van der Waals surface area contributed by atoms with Crippen LogP contribution < -0.4 is 0 Å². The topological polar surface area (TPSA) is 0 Å². The summed E-state index contributed by atoms with van der Waals surface area (Å²) in [5.74, 6) is 0. The molecule has 0 radical (unpaired) electrons. The number of hydrogen-bond acceptors (Lipinski definition) is 1. The Balaban J connectivity index is 1.01. The van der Waals surface area contributed by atoms with Crippen molar-refractivity contribution in [2.75, 3.05) is 0 Å². The Morgan fingerprint density at radius 1 is 0.333 bits per heavy atom. The highest BCUT2D eigenvalue weighted by Gasteiger charge is 2.38. The Morgan fingerprint density at radius 3 is 1.53 bits per heavy atom. The van der Waals surface area contributed by atoms with Gasteiger partial charge in [0.1, 0.15) is 0 Å². The van der Waals surface area contributed by atoms with Crippen molar-refractivity contribution in [3.63, 3.8) is 0 Å². The first-order valence-electron chi connectivity index (χ1n) is 21.0. The fourth-order valence-electron chi connectivity index (χ4n) is 10.9. The lowest BCUT2D eigenvalue weighted by Crippen LogP contribution is -2.15. The van der Waals surface area contributed by atoms with Crippen LogP contribution in [-0.2, 0) is 5.41 Å². The first kappa shape index (κ1) is 33.9. The van der Waals surface area contributed by atoms with Gasteiger partial charge in [-0.05, 0) is 128 Å². The third kappa shape index (κ3) is 4.67. The van der Waals surface area contributed by atoms with Gasteiger partial charge in [-0.1, -0.05) is 190 Å². The zero-order chi connectivity index (χ0) is 39.7. The van der Waals surface area contributed by atoms with E-state index in [9.17, 15) is 0 Å². The molecule has 1 aliphatic rings. The molecule has 11 aromatic carbocycles. The van der Waals surface area contributed by atoms with Gasteiger partial charge in [0.25, 0.3) is 0 Å². The molecule has 60 heavy (non-hydrogen) atoms. The van der Waals surface area contributed by atoms with E-state index in [1.54, 1.807) is 0 Å². The van der Waals surface area contributed by atoms with E-state index in [2.05, 4.69) is 208 Å². The molecule has 0 bridgehead atoms. The minimum atomic E-state index is -0.116. The molecule has 0 aliphatic heterocycles. The van der Waals surface area contributed by atoms with Gasteiger partial charge in [0.05, 0.1) is 0 Å². The van der Waals surface area contributed by atoms with Gasteiger partial charge in [-0.15, -0.1) is 11.3 Å². The molecule has 0 spiro atoms. The molecule has 0 nitrogen and oxygen atoms in total. The van der Waals surface area contributed by atoms with E-state index >= 15 is 0 Å². The minimum Gasteiger partial charge on any atom is -0.135 e. The lowest BCUT2D eigenvalue weighted by atomic mass is 9.81. The maximum atomic E-state index is 2.47. The van der Waals surface area contributed by atoms with Gasteiger partial charge in [-0.2, -0.15) is 0 Å². The van der Waals surface area contributed by atoms with Crippen LogP contribution in [0.5, 0.6) is 0 Å². The molecule has 1 heterocycles. The normalized spacial score (nSPS) is 13.3. The van der Waals surface area contributed by atoms with E-state index in [1.807, 2.05) is 11.3 Å². The molecule has 12 aromatic rings. The summed E-state index contributed by atoms with van der Waals surface area (Å²) in [7, 11) is 0. The molecule has 0 fully saturated rings. The van der Waals surface area contributed by atoms with Crippen LogP contribution in [0, 0.1) is 0 Å². The standard InChI is InChI=1S/C59H38S/c1-59(2)53-31-26-38(33-51(53)49-29-30-50-52-32-36-15-3-4-16-37(36)34-54(52)60-58(50)57(49)59)40-27-28-48(42-20-8-7-19-41(40)42)56-46-23-11-9-21-44(46)55(45-22-10-12-24-47(45)56)43-25-13-17-35-14-5-6-18-39(35)43/h3-34H,1-2H3. The summed E-state index contributed by atoms with van der Waals surface area (Å²) in [6.45, 7) is 4.84. The monoisotopic (exact) mass is 778 g/mol. The predicted octanol–water partition coefficient (Wildman–Crippen LogP) is 17.1. The number of thiophene rings is 1. The van der Waals surface area contributed by atoms with Crippen LogP contribution in [0.2, 0.25) is 0 Å². The molecular formula is C59H38S. The molecule has 0 saturated heterocycles. The highest BCUT2D eigenvalue weighted by molar-refractivity contribution is 7.26. The molecule has 0 amide bonds. The Kier molecular flexibility index (Phi) is 7.04. The lowest BCUT2D eigenvalue weighted by molar-refractivity contribution is 0.667. The predicted molar refractivity (Wildman–Crippen MR) is 261 cm³/mol. The summed E-state index contributed by atoms with van der Waals surface area (Å²) in [5, 5.41) is 15.5. The Labute approximate surface area is 352 Å². The second-order valence-electron chi connectivity index (χ2n) is 17.1. The summed E-state index contributed by atoms with van der Waals surface area (Å²) < 4.78 is 2.78. The van der Waals surface area contributed by atoms with Gasteiger partial charge in [0, 0.05) is 25.6 Å². The maximum absolute atomic E-state index is 2.47. The van der Waals surface area contributed by atoms with Crippen LogP contribution in [-0.4, -0.2) is 0 Å². The highest BCUT2D eigenvalue weighted by Crippen LogP contribution is 2.55. The SMILES string of the molecule is CC1(C)c2ccc(-c3ccc(-c4c5ccccc5c(-c5cccc6ccccc56)c5ccccc45)c4ccccc34)cc2-c2ccc3c(sc4cc5ccccc5cc43)c21. The molecule has 0 saturated carbocycles. The summed E-state index contributed by atoms with van der Waals surface area (Å²) in [6.07, 6.45) is 0. The van der Waals surface area contributed by atoms with Crippen LogP contribution >= 0.6 is 11.3 Å². The third-order valence-electron chi connectivity index (χ3n) is 13.6. The van der Waals surface area contributed by atoms with Crippen molar-refractivity contribution in [1.82, 2.24) is 0 Å². The van der Waals surface area contributed by atoms with Crippen molar-refractivity contribution in [3.05, 3.63) is 205 Å². The quantitative estimate of drug-likeness (QED) is 0.157.